The van der Waals surface area contributed by atoms with Crippen LogP contribution >= 0.6 is 11.3 Å². The van der Waals surface area contributed by atoms with Gasteiger partial charge in [0.1, 0.15) is 12.3 Å². The van der Waals surface area contributed by atoms with Gasteiger partial charge >= 0.3 is 0 Å². The fraction of sp³-hybridized carbons (Fsp3) is 0.444. The van der Waals surface area contributed by atoms with E-state index in [9.17, 15) is 4.79 Å². The molecule has 1 rings (SSSR count). The minimum Gasteiger partial charge on any atom is -0.393 e. The Balaban J connectivity index is 2.47. The number of carbonyl (C=O) groups excluding carboxylic acids is 1. The van der Waals surface area contributed by atoms with Crippen LogP contribution in [0.1, 0.15) is 12.6 Å². The molecular weight excluding hydrogens is 230 g/mol. The molecule has 0 fully saturated rings. The van der Waals surface area contributed by atoms with Crippen molar-refractivity contribution in [3.05, 3.63) is 11.1 Å². The quantitative estimate of drug-likeness (QED) is 0.329. The molecule has 0 radical (unpaired) electrons. The van der Waals surface area contributed by atoms with E-state index in [1.54, 1.807) is 5.38 Å². The summed E-state index contributed by atoms with van der Waals surface area (Å²) in [6.45, 7) is 3.24. The van der Waals surface area contributed by atoms with Crippen molar-refractivity contribution in [2.24, 2.45) is 5.16 Å². The summed E-state index contributed by atoms with van der Waals surface area (Å²) in [4.78, 5) is 19.5. The lowest BCUT2D eigenvalue weighted by Crippen LogP contribution is -2.07. The Kier molecular flexibility index (Phi) is 5.44. The molecule has 0 aliphatic rings. The number of ether oxygens (including phenoxy) is 1. The summed E-state index contributed by atoms with van der Waals surface area (Å²) in [7, 11) is 0. The lowest BCUT2D eigenvalue weighted by Gasteiger charge is -2.00. The number of rotatable bonds is 7. The van der Waals surface area contributed by atoms with Gasteiger partial charge in [-0.1, -0.05) is 5.16 Å². The Hall–Kier alpha value is -1.47. The molecule has 0 aliphatic heterocycles. The lowest BCUT2D eigenvalue weighted by molar-refractivity contribution is -0.102. The monoisotopic (exact) mass is 243 g/mol. The van der Waals surface area contributed by atoms with Gasteiger partial charge in [0.25, 0.3) is 0 Å². The summed E-state index contributed by atoms with van der Waals surface area (Å²) in [5, 5.41) is 5.69. The third kappa shape index (κ3) is 3.95. The second kappa shape index (κ2) is 6.91. The molecule has 2 N–H and O–H groups in total. The van der Waals surface area contributed by atoms with E-state index in [1.165, 1.54) is 11.3 Å². The molecule has 7 heteroatoms. The zero-order chi connectivity index (χ0) is 11.8. The number of aldehydes is 1. The summed E-state index contributed by atoms with van der Waals surface area (Å²) < 4.78 is 5.04. The van der Waals surface area contributed by atoms with Gasteiger partial charge < -0.3 is 15.3 Å². The van der Waals surface area contributed by atoms with Crippen molar-refractivity contribution in [1.29, 1.82) is 0 Å². The lowest BCUT2D eigenvalue weighted by atomic mass is 10.3. The number of anilines is 1. The molecular formula is C9H13N3O3S. The van der Waals surface area contributed by atoms with E-state index in [4.69, 9.17) is 15.3 Å². The van der Waals surface area contributed by atoms with Crippen LogP contribution < -0.4 is 5.73 Å². The Morgan fingerprint density at radius 3 is 3.06 bits per heavy atom. The average molecular weight is 243 g/mol. The summed E-state index contributed by atoms with van der Waals surface area (Å²) in [5.41, 5.74) is 6.00. The van der Waals surface area contributed by atoms with E-state index in [1.807, 2.05) is 6.92 Å². The van der Waals surface area contributed by atoms with Gasteiger partial charge in [0, 0.05) is 12.0 Å². The highest BCUT2D eigenvalue weighted by atomic mass is 32.1. The fourth-order valence-corrected chi connectivity index (χ4v) is 1.45. The fourth-order valence-electron chi connectivity index (χ4n) is 0.890. The van der Waals surface area contributed by atoms with E-state index >= 15 is 0 Å². The molecule has 0 aromatic carbocycles. The maximum Gasteiger partial charge on any atom is 0.180 e. The molecule has 1 aromatic heterocycles. The first-order chi connectivity index (χ1) is 7.77. The van der Waals surface area contributed by atoms with Gasteiger partial charge in [0.2, 0.25) is 0 Å². The van der Waals surface area contributed by atoms with E-state index in [0.29, 0.717) is 36.9 Å². The number of carbonyl (C=O) groups is 1. The molecule has 1 heterocycles. The summed E-state index contributed by atoms with van der Waals surface area (Å²) in [6, 6.07) is 0. The first-order valence-electron chi connectivity index (χ1n) is 4.72. The molecule has 0 saturated carbocycles. The van der Waals surface area contributed by atoms with Gasteiger partial charge in [-0.25, -0.2) is 4.98 Å². The van der Waals surface area contributed by atoms with Crippen molar-refractivity contribution >= 4 is 28.5 Å². The molecule has 0 bridgehead atoms. The van der Waals surface area contributed by atoms with E-state index in [-0.39, 0.29) is 5.71 Å². The van der Waals surface area contributed by atoms with Crippen LogP contribution in [0.4, 0.5) is 5.13 Å². The van der Waals surface area contributed by atoms with E-state index in [0.717, 1.165) is 0 Å². The number of oxime groups is 1. The van der Waals surface area contributed by atoms with Crippen molar-refractivity contribution in [1.82, 2.24) is 4.98 Å². The van der Waals surface area contributed by atoms with Crippen LogP contribution in [0.25, 0.3) is 0 Å². The van der Waals surface area contributed by atoms with Crippen molar-refractivity contribution in [3.8, 4) is 0 Å². The minimum atomic E-state index is 0.129. The average Bonchev–Trinajstić information content (AvgIpc) is 2.70. The summed E-state index contributed by atoms with van der Waals surface area (Å²) in [6.07, 6.45) is 0.579. The molecule has 0 atom stereocenters. The van der Waals surface area contributed by atoms with Crippen LogP contribution in [0, 0.1) is 0 Å². The van der Waals surface area contributed by atoms with Gasteiger partial charge in [-0.05, 0) is 6.92 Å². The summed E-state index contributed by atoms with van der Waals surface area (Å²) >= 11 is 1.24. The molecule has 16 heavy (non-hydrogen) atoms. The number of nitrogens with two attached hydrogens (primary N) is 1. The molecule has 0 aliphatic carbocycles. The number of thiazole rings is 1. The zero-order valence-corrected chi connectivity index (χ0v) is 9.70. The van der Waals surface area contributed by atoms with Gasteiger partial charge in [-0.2, -0.15) is 0 Å². The van der Waals surface area contributed by atoms with E-state index in [2.05, 4.69) is 10.1 Å². The predicted octanol–water partition coefficient (Wildman–Crippen LogP) is 0.681. The Morgan fingerprint density at radius 2 is 2.50 bits per heavy atom. The maximum atomic E-state index is 10.7. The van der Waals surface area contributed by atoms with Gasteiger partial charge in [-0.3, -0.25) is 4.79 Å². The molecule has 0 saturated heterocycles. The molecule has 1 aromatic rings. The second-order valence-electron chi connectivity index (χ2n) is 2.70. The van der Waals surface area contributed by atoms with Crippen LogP contribution in [-0.4, -0.2) is 36.8 Å². The second-order valence-corrected chi connectivity index (χ2v) is 3.59. The standard InChI is InChI=1S/C9H13N3O3S/c1-2-14-3-4-15-12-7(5-13)8-6-16-9(10)11-8/h5-6H,2-4H2,1H3,(H2,10,11). The van der Waals surface area contributed by atoms with Crippen LogP contribution in [0.5, 0.6) is 0 Å². The van der Waals surface area contributed by atoms with Crippen molar-refractivity contribution in [2.45, 2.75) is 6.92 Å². The SMILES string of the molecule is CCOCCON=C(C=O)c1csc(N)n1. The van der Waals surface area contributed by atoms with Crippen LogP contribution in [0.3, 0.4) is 0 Å². The minimum absolute atomic E-state index is 0.129. The predicted molar refractivity (Wildman–Crippen MR) is 61.6 cm³/mol. The zero-order valence-electron chi connectivity index (χ0n) is 8.88. The van der Waals surface area contributed by atoms with Crippen molar-refractivity contribution < 1.29 is 14.4 Å². The highest BCUT2D eigenvalue weighted by molar-refractivity contribution is 7.13. The van der Waals surface area contributed by atoms with Crippen molar-refractivity contribution in [3.63, 3.8) is 0 Å². The number of aromatic nitrogens is 1. The topological polar surface area (TPSA) is 86.8 Å². The molecule has 88 valence electrons. The number of hydrogen-bond donors (Lipinski definition) is 1. The summed E-state index contributed by atoms with van der Waals surface area (Å²) in [5.74, 6) is 0. The van der Waals surface area contributed by atoms with Gasteiger partial charge in [-0.15, -0.1) is 11.3 Å². The largest absolute Gasteiger partial charge is 0.393 e. The molecule has 0 spiro atoms. The smallest absolute Gasteiger partial charge is 0.180 e. The number of nitrogen functional groups attached to an aromatic ring is 1. The highest BCUT2D eigenvalue weighted by Gasteiger charge is 2.07. The Labute approximate surface area is 97.1 Å². The third-order valence-electron chi connectivity index (χ3n) is 1.58. The normalized spacial score (nSPS) is 11.4. The first-order valence-corrected chi connectivity index (χ1v) is 5.60. The van der Waals surface area contributed by atoms with Crippen molar-refractivity contribution in [2.75, 3.05) is 25.6 Å². The van der Waals surface area contributed by atoms with E-state index < -0.39 is 0 Å². The third-order valence-corrected chi connectivity index (χ3v) is 2.26. The molecule has 0 unspecified atom stereocenters. The number of nitrogens with zero attached hydrogens (tertiary/aromatic N) is 2. The molecule has 0 amide bonds. The van der Waals surface area contributed by atoms with Crippen LogP contribution in [0.15, 0.2) is 10.5 Å². The Bertz CT molecular complexity index is 365. The highest BCUT2D eigenvalue weighted by Crippen LogP contribution is 2.11. The van der Waals surface area contributed by atoms with Gasteiger partial charge in [0.05, 0.1) is 6.61 Å². The van der Waals surface area contributed by atoms with Crippen LogP contribution in [0.2, 0.25) is 0 Å². The number of hydrogen-bond acceptors (Lipinski definition) is 7. The van der Waals surface area contributed by atoms with Crippen LogP contribution in [-0.2, 0) is 14.4 Å². The maximum absolute atomic E-state index is 10.7. The first kappa shape index (κ1) is 12.6. The van der Waals surface area contributed by atoms with Gasteiger partial charge in [0.15, 0.2) is 17.1 Å². The molecule has 6 nitrogen and oxygen atoms in total. The Morgan fingerprint density at radius 1 is 1.69 bits per heavy atom.